The van der Waals surface area contributed by atoms with Crippen molar-refractivity contribution in [3.63, 3.8) is 0 Å². The summed E-state index contributed by atoms with van der Waals surface area (Å²) in [6.45, 7) is 4.92. The van der Waals surface area contributed by atoms with Crippen LogP contribution in [0.15, 0.2) is 54.6 Å². The number of benzene rings is 5. The van der Waals surface area contributed by atoms with Crippen molar-refractivity contribution in [3.8, 4) is 0 Å². The minimum atomic E-state index is -0.138. The topological polar surface area (TPSA) is 37.4 Å². The van der Waals surface area contributed by atoms with Gasteiger partial charge in [-0.05, 0) is 74.7 Å². The van der Waals surface area contributed by atoms with Crippen LogP contribution in [0.4, 0.5) is 0 Å². The number of unbranched alkanes of at least 4 members (excludes halogenated alkanes) is 7. The summed E-state index contributed by atoms with van der Waals surface area (Å²) in [6, 6.07) is 19.3. The molecule has 0 saturated carbocycles. The molecule has 0 aromatic heterocycles. The van der Waals surface area contributed by atoms with Crippen molar-refractivity contribution >= 4 is 54.9 Å². The molecule has 38 heavy (non-hydrogen) atoms. The average molecular weight is 504 g/mol. The van der Waals surface area contributed by atoms with Crippen LogP contribution >= 0.6 is 0 Å². The molecule has 0 bridgehead atoms. The largest absolute Gasteiger partial charge is 0.274 e. The quantitative estimate of drug-likeness (QED) is 0.0779. The Balaban J connectivity index is 1.59. The normalized spacial score (nSPS) is 13.7. The van der Waals surface area contributed by atoms with Crippen LogP contribution in [0, 0.1) is 0 Å². The Morgan fingerprint density at radius 1 is 0.579 bits per heavy atom. The molecule has 5 aromatic rings. The van der Waals surface area contributed by atoms with Crippen LogP contribution in [0.5, 0.6) is 0 Å². The number of carbonyl (C=O) groups is 2. The van der Waals surface area contributed by atoms with Crippen LogP contribution in [-0.4, -0.2) is 23.3 Å². The van der Waals surface area contributed by atoms with Gasteiger partial charge in [-0.25, -0.2) is 0 Å². The number of hydrogen-bond acceptors (Lipinski definition) is 2. The predicted octanol–water partition coefficient (Wildman–Crippen LogP) is 9.43. The van der Waals surface area contributed by atoms with Crippen LogP contribution in [0.2, 0.25) is 0 Å². The average Bonchev–Trinajstić information content (AvgIpc) is 2.94. The lowest BCUT2D eigenvalue weighted by atomic mass is 9.82. The lowest BCUT2D eigenvalue weighted by Crippen LogP contribution is -2.41. The van der Waals surface area contributed by atoms with E-state index in [2.05, 4.69) is 62.4 Å². The molecular weight excluding hydrogens is 466 g/mol. The number of hydrogen-bond donors (Lipinski definition) is 0. The minimum absolute atomic E-state index is 0.119. The zero-order chi connectivity index (χ0) is 26.2. The Labute approximate surface area is 225 Å². The fourth-order valence-electron chi connectivity index (χ4n) is 6.67. The van der Waals surface area contributed by atoms with E-state index in [1.54, 1.807) is 0 Å². The highest BCUT2D eigenvalue weighted by Gasteiger charge is 2.34. The first-order valence-electron chi connectivity index (χ1n) is 14.7. The molecule has 0 radical (unpaired) electrons. The zero-order valence-corrected chi connectivity index (χ0v) is 22.7. The molecular formula is C35H37NO2. The summed E-state index contributed by atoms with van der Waals surface area (Å²) >= 11 is 0. The molecule has 1 aliphatic heterocycles. The second-order valence-electron chi connectivity index (χ2n) is 11.1. The smallest absolute Gasteiger partial charge is 0.261 e. The van der Waals surface area contributed by atoms with Crippen LogP contribution in [0.25, 0.3) is 43.1 Å². The van der Waals surface area contributed by atoms with Crippen LogP contribution in [0.1, 0.15) is 97.9 Å². The molecule has 6 rings (SSSR count). The molecule has 0 atom stereocenters. The molecule has 1 aliphatic rings. The van der Waals surface area contributed by atoms with Crippen molar-refractivity contribution in [1.82, 2.24) is 4.90 Å². The van der Waals surface area contributed by atoms with E-state index in [4.69, 9.17) is 0 Å². The Morgan fingerprint density at radius 2 is 1.24 bits per heavy atom. The van der Waals surface area contributed by atoms with E-state index >= 15 is 0 Å². The summed E-state index contributed by atoms with van der Waals surface area (Å²) in [5.41, 5.74) is 2.64. The number of fused-ring (bicyclic) bond motifs is 2. The molecule has 2 amide bonds. The van der Waals surface area contributed by atoms with Crippen molar-refractivity contribution in [2.24, 2.45) is 0 Å². The third-order valence-corrected chi connectivity index (χ3v) is 8.56. The Hall–Kier alpha value is -3.46. The molecule has 0 aliphatic carbocycles. The van der Waals surface area contributed by atoms with Crippen molar-refractivity contribution in [2.75, 3.05) is 6.54 Å². The summed E-state index contributed by atoms with van der Waals surface area (Å²) in [5.74, 6) is -0.257. The predicted molar refractivity (Wildman–Crippen MR) is 160 cm³/mol. The van der Waals surface area contributed by atoms with Gasteiger partial charge in [0.1, 0.15) is 0 Å². The van der Waals surface area contributed by atoms with Gasteiger partial charge in [0, 0.05) is 23.1 Å². The van der Waals surface area contributed by atoms with E-state index in [1.807, 2.05) is 6.07 Å². The van der Waals surface area contributed by atoms with Crippen molar-refractivity contribution in [2.45, 2.75) is 78.1 Å². The van der Waals surface area contributed by atoms with Gasteiger partial charge in [0.05, 0.1) is 0 Å². The maximum Gasteiger partial charge on any atom is 0.261 e. The minimum Gasteiger partial charge on any atom is -0.274 e. The second-order valence-corrected chi connectivity index (χ2v) is 11.1. The molecule has 194 valence electrons. The maximum atomic E-state index is 13.9. The molecule has 0 fully saturated rings. The van der Waals surface area contributed by atoms with Crippen LogP contribution < -0.4 is 0 Å². The highest BCUT2D eigenvalue weighted by molar-refractivity contribution is 6.38. The van der Waals surface area contributed by atoms with E-state index in [0.717, 1.165) is 54.7 Å². The zero-order valence-electron chi connectivity index (χ0n) is 22.7. The molecule has 0 unspecified atom stereocenters. The lowest BCUT2D eigenvalue weighted by molar-refractivity contribution is 0.0608. The van der Waals surface area contributed by atoms with Crippen molar-refractivity contribution < 1.29 is 9.59 Å². The van der Waals surface area contributed by atoms with E-state index in [0.29, 0.717) is 17.7 Å². The Morgan fingerprint density at radius 3 is 2.00 bits per heavy atom. The van der Waals surface area contributed by atoms with Gasteiger partial charge in [0.2, 0.25) is 0 Å². The number of amides is 2. The molecule has 5 aromatic carbocycles. The monoisotopic (exact) mass is 503 g/mol. The third kappa shape index (κ3) is 3.95. The van der Waals surface area contributed by atoms with Gasteiger partial charge < -0.3 is 0 Å². The molecule has 1 heterocycles. The summed E-state index contributed by atoms with van der Waals surface area (Å²) in [4.78, 5) is 29.1. The van der Waals surface area contributed by atoms with Crippen LogP contribution in [0.3, 0.4) is 0 Å². The number of imide groups is 1. The fourth-order valence-corrected chi connectivity index (χ4v) is 6.67. The maximum absolute atomic E-state index is 13.9. The SMILES string of the molecule is CCCCCCCc1cc2c3c(ccc4c5cccc6cccc(c1c34)c65)C(=O)N(CCCCCC)C2=O. The second kappa shape index (κ2) is 10.4. The van der Waals surface area contributed by atoms with Gasteiger partial charge in [-0.15, -0.1) is 0 Å². The van der Waals surface area contributed by atoms with Crippen LogP contribution in [-0.2, 0) is 6.42 Å². The van der Waals surface area contributed by atoms with E-state index in [-0.39, 0.29) is 11.8 Å². The van der Waals surface area contributed by atoms with E-state index in [1.165, 1.54) is 63.1 Å². The van der Waals surface area contributed by atoms with Gasteiger partial charge >= 0.3 is 0 Å². The summed E-state index contributed by atoms with van der Waals surface area (Å²) in [7, 11) is 0. The number of rotatable bonds is 11. The molecule has 3 heteroatoms. The first kappa shape index (κ1) is 24.9. The fraction of sp³-hybridized carbons (Fsp3) is 0.371. The summed E-state index contributed by atoms with van der Waals surface area (Å²) in [5, 5.41) is 9.29. The number of aryl methyl sites for hydroxylation is 1. The van der Waals surface area contributed by atoms with Gasteiger partial charge in [0.15, 0.2) is 0 Å². The highest BCUT2D eigenvalue weighted by atomic mass is 16.2. The van der Waals surface area contributed by atoms with E-state index < -0.39 is 0 Å². The van der Waals surface area contributed by atoms with Crippen molar-refractivity contribution in [1.29, 1.82) is 0 Å². The standard InChI is InChI=1S/C35H37NO2/c1-3-5-7-9-10-14-24-22-29-32-28(34(37)36(35(29)38)21-11-8-6-4-2)20-19-26-25-17-12-15-23-16-13-18-27(30(23)25)31(24)33(26)32/h12-13,15-20,22H,3-11,14,21H2,1-2H3. The first-order valence-corrected chi connectivity index (χ1v) is 14.7. The van der Waals surface area contributed by atoms with Gasteiger partial charge in [-0.3, -0.25) is 14.5 Å². The first-order chi connectivity index (χ1) is 18.7. The molecule has 0 N–H and O–H groups in total. The van der Waals surface area contributed by atoms with E-state index in [9.17, 15) is 9.59 Å². The molecule has 0 saturated heterocycles. The van der Waals surface area contributed by atoms with Gasteiger partial charge in [-0.2, -0.15) is 0 Å². The highest BCUT2D eigenvalue weighted by Crippen LogP contribution is 2.45. The van der Waals surface area contributed by atoms with Crippen molar-refractivity contribution in [3.05, 3.63) is 71.3 Å². The Bertz CT molecular complexity index is 1660. The summed E-state index contributed by atoms with van der Waals surface area (Å²) in [6.07, 6.45) is 11.2. The summed E-state index contributed by atoms with van der Waals surface area (Å²) < 4.78 is 0. The lowest BCUT2D eigenvalue weighted by Gasteiger charge is -2.29. The number of carbonyl (C=O) groups excluding carboxylic acids is 2. The Kier molecular flexibility index (Phi) is 6.78. The molecule has 3 nitrogen and oxygen atoms in total. The molecule has 0 spiro atoms. The van der Waals surface area contributed by atoms with Gasteiger partial charge in [-0.1, -0.05) is 101 Å². The third-order valence-electron chi connectivity index (χ3n) is 8.56. The van der Waals surface area contributed by atoms with Gasteiger partial charge in [0.25, 0.3) is 11.8 Å². The number of nitrogens with zero attached hydrogens (tertiary/aromatic N) is 1.